The van der Waals surface area contributed by atoms with Gasteiger partial charge in [-0.25, -0.2) is 9.78 Å². The number of amides is 1. The van der Waals surface area contributed by atoms with Crippen LogP contribution in [0.4, 0.5) is 4.79 Å². The Bertz CT molecular complexity index is 892. The Kier molecular flexibility index (Phi) is 4.78. The van der Waals surface area contributed by atoms with Gasteiger partial charge in [0.2, 0.25) is 0 Å². The van der Waals surface area contributed by atoms with Gasteiger partial charge in [-0.3, -0.25) is 9.36 Å². The molecule has 1 atom stereocenters. The number of hydrogen-bond donors (Lipinski definition) is 1. The molecule has 0 bridgehead atoms. The lowest BCUT2D eigenvalue weighted by atomic mass is 9.89. The number of nitrogens with zero attached hydrogens (tertiary/aromatic N) is 2. The highest BCUT2D eigenvalue weighted by molar-refractivity contribution is 5.81. The first-order valence-electron chi connectivity index (χ1n) is 9.15. The molecule has 0 radical (unpaired) electrons. The minimum absolute atomic E-state index is 0.0561. The van der Waals surface area contributed by atoms with E-state index in [1.54, 1.807) is 4.57 Å². The Morgan fingerprint density at radius 3 is 2.65 bits per heavy atom. The summed E-state index contributed by atoms with van der Waals surface area (Å²) in [6, 6.07) is 5.76. The molecule has 6 nitrogen and oxygen atoms in total. The SMILES string of the molecule is Cc1cccc2nc([C@H](CCC(C)(C)C)OC(N)=O)n(C3CC3)c(=O)c12. The second-order valence-electron chi connectivity index (χ2n) is 8.37. The molecule has 6 heteroatoms. The second kappa shape index (κ2) is 6.74. The average Bonchev–Trinajstić information content (AvgIpc) is 3.34. The number of ether oxygens (including phenoxy) is 1. The van der Waals surface area contributed by atoms with E-state index in [4.69, 9.17) is 15.5 Å². The van der Waals surface area contributed by atoms with Crippen LogP contribution in [0.5, 0.6) is 0 Å². The Hall–Kier alpha value is -2.37. The molecule has 1 aromatic carbocycles. The van der Waals surface area contributed by atoms with E-state index < -0.39 is 12.2 Å². The van der Waals surface area contributed by atoms with Crippen LogP contribution in [-0.4, -0.2) is 15.6 Å². The van der Waals surface area contributed by atoms with Crippen LogP contribution in [0.1, 0.15) is 70.0 Å². The molecule has 1 saturated carbocycles. The number of fused-ring (bicyclic) bond motifs is 1. The molecule has 2 N–H and O–H groups in total. The summed E-state index contributed by atoms with van der Waals surface area (Å²) in [7, 11) is 0. The van der Waals surface area contributed by atoms with Gasteiger partial charge in [-0.05, 0) is 49.7 Å². The largest absolute Gasteiger partial charge is 0.438 e. The summed E-state index contributed by atoms with van der Waals surface area (Å²) in [6.07, 6.45) is 1.80. The summed E-state index contributed by atoms with van der Waals surface area (Å²) in [6.45, 7) is 8.29. The fourth-order valence-electron chi connectivity index (χ4n) is 3.28. The predicted octanol–water partition coefficient (Wildman–Crippen LogP) is 4.00. The first kappa shape index (κ1) is 18.4. The normalized spacial score (nSPS) is 15.8. The zero-order valence-corrected chi connectivity index (χ0v) is 15.9. The average molecular weight is 357 g/mol. The third kappa shape index (κ3) is 3.89. The molecule has 0 unspecified atom stereocenters. The van der Waals surface area contributed by atoms with Gasteiger partial charge in [-0.2, -0.15) is 0 Å². The van der Waals surface area contributed by atoms with Crippen molar-refractivity contribution in [3.63, 3.8) is 0 Å². The van der Waals surface area contributed by atoms with Gasteiger partial charge >= 0.3 is 6.09 Å². The molecule has 0 saturated heterocycles. The van der Waals surface area contributed by atoms with Crippen LogP contribution in [0.25, 0.3) is 10.9 Å². The number of aromatic nitrogens is 2. The molecule has 3 rings (SSSR count). The van der Waals surface area contributed by atoms with E-state index in [2.05, 4.69) is 20.8 Å². The maximum Gasteiger partial charge on any atom is 0.405 e. The van der Waals surface area contributed by atoms with Gasteiger partial charge in [0.15, 0.2) is 11.9 Å². The topological polar surface area (TPSA) is 87.2 Å². The monoisotopic (exact) mass is 357 g/mol. The van der Waals surface area contributed by atoms with Crippen molar-refractivity contribution in [1.29, 1.82) is 0 Å². The minimum atomic E-state index is -0.843. The number of rotatable bonds is 5. The number of benzene rings is 1. The molecule has 1 heterocycles. The number of nitrogens with two attached hydrogens (primary N) is 1. The maximum atomic E-state index is 13.2. The lowest BCUT2D eigenvalue weighted by molar-refractivity contribution is 0.0845. The maximum absolute atomic E-state index is 13.2. The Labute approximate surface area is 153 Å². The highest BCUT2D eigenvalue weighted by Gasteiger charge is 2.33. The first-order chi connectivity index (χ1) is 12.2. The predicted molar refractivity (Wildman–Crippen MR) is 101 cm³/mol. The van der Waals surface area contributed by atoms with Crippen molar-refractivity contribution in [3.05, 3.63) is 39.9 Å². The minimum Gasteiger partial charge on any atom is -0.438 e. The first-order valence-corrected chi connectivity index (χ1v) is 9.15. The van der Waals surface area contributed by atoms with E-state index in [-0.39, 0.29) is 17.0 Å². The van der Waals surface area contributed by atoms with Gasteiger partial charge in [-0.1, -0.05) is 32.9 Å². The summed E-state index contributed by atoms with van der Waals surface area (Å²) in [4.78, 5) is 29.4. The van der Waals surface area contributed by atoms with Gasteiger partial charge in [0.1, 0.15) is 0 Å². The fourth-order valence-corrected chi connectivity index (χ4v) is 3.28. The van der Waals surface area contributed by atoms with Crippen LogP contribution in [-0.2, 0) is 4.74 Å². The van der Waals surface area contributed by atoms with Gasteiger partial charge in [-0.15, -0.1) is 0 Å². The highest BCUT2D eigenvalue weighted by atomic mass is 16.6. The standard InChI is InChI=1S/C20H27N3O3/c1-12-6-5-7-14-16(12)18(24)23(13-8-9-13)17(22-14)15(26-19(21)25)10-11-20(2,3)4/h5-7,13,15H,8-11H2,1-4H3,(H2,21,25)/t15-/m0/s1. The van der Waals surface area contributed by atoms with Crippen molar-refractivity contribution < 1.29 is 9.53 Å². The molecule has 1 aromatic heterocycles. The van der Waals surface area contributed by atoms with Crippen LogP contribution in [0, 0.1) is 12.3 Å². The summed E-state index contributed by atoms with van der Waals surface area (Å²) in [5.41, 5.74) is 6.86. The summed E-state index contributed by atoms with van der Waals surface area (Å²) in [5.74, 6) is 0.513. The lowest BCUT2D eigenvalue weighted by Crippen LogP contribution is -2.30. The quantitative estimate of drug-likeness (QED) is 0.876. The van der Waals surface area contributed by atoms with E-state index in [0.717, 1.165) is 24.8 Å². The molecule has 1 fully saturated rings. The lowest BCUT2D eigenvalue weighted by Gasteiger charge is -2.25. The van der Waals surface area contributed by atoms with Crippen molar-refractivity contribution in [2.45, 2.75) is 65.5 Å². The van der Waals surface area contributed by atoms with Crippen molar-refractivity contribution in [1.82, 2.24) is 9.55 Å². The molecule has 2 aromatic rings. The third-order valence-corrected chi connectivity index (χ3v) is 4.78. The summed E-state index contributed by atoms with van der Waals surface area (Å²) in [5, 5.41) is 0.636. The van der Waals surface area contributed by atoms with E-state index in [1.807, 2.05) is 25.1 Å². The highest BCUT2D eigenvalue weighted by Crippen LogP contribution is 2.38. The van der Waals surface area contributed by atoms with Crippen LogP contribution >= 0.6 is 0 Å². The molecule has 0 aliphatic heterocycles. The van der Waals surface area contributed by atoms with E-state index >= 15 is 0 Å². The van der Waals surface area contributed by atoms with Crippen molar-refractivity contribution in [2.24, 2.45) is 11.1 Å². The fraction of sp³-hybridized carbons (Fsp3) is 0.550. The van der Waals surface area contributed by atoms with Gasteiger partial charge in [0, 0.05) is 6.04 Å². The molecule has 1 aliphatic rings. The molecular formula is C20H27N3O3. The van der Waals surface area contributed by atoms with E-state index in [1.165, 1.54) is 0 Å². The Morgan fingerprint density at radius 1 is 1.38 bits per heavy atom. The van der Waals surface area contributed by atoms with E-state index in [9.17, 15) is 9.59 Å². The molecule has 1 aliphatic carbocycles. The van der Waals surface area contributed by atoms with Crippen LogP contribution in [0.2, 0.25) is 0 Å². The molecule has 26 heavy (non-hydrogen) atoms. The molecule has 1 amide bonds. The van der Waals surface area contributed by atoms with Crippen LogP contribution in [0.15, 0.2) is 23.0 Å². The second-order valence-corrected chi connectivity index (χ2v) is 8.37. The zero-order chi connectivity index (χ0) is 19.1. The summed E-state index contributed by atoms with van der Waals surface area (Å²) >= 11 is 0. The van der Waals surface area contributed by atoms with Gasteiger partial charge in [0.05, 0.1) is 10.9 Å². The number of primary amides is 1. The van der Waals surface area contributed by atoms with Crippen molar-refractivity contribution >= 4 is 17.0 Å². The van der Waals surface area contributed by atoms with Crippen LogP contribution < -0.4 is 11.3 Å². The Balaban J connectivity index is 2.14. The number of carbonyl (C=O) groups excluding carboxylic acids is 1. The zero-order valence-electron chi connectivity index (χ0n) is 15.9. The third-order valence-electron chi connectivity index (χ3n) is 4.78. The molecule has 140 valence electrons. The smallest absolute Gasteiger partial charge is 0.405 e. The number of carbonyl (C=O) groups is 1. The summed E-state index contributed by atoms with van der Waals surface area (Å²) < 4.78 is 7.13. The van der Waals surface area contributed by atoms with Crippen molar-refractivity contribution in [3.8, 4) is 0 Å². The number of hydrogen-bond acceptors (Lipinski definition) is 4. The van der Waals surface area contributed by atoms with Gasteiger partial charge in [0.25, 0.3) is 5.56 Å². The van der Waals surface area contributed by atoms with Crippen molar-refractivity contribution in [2.75, 3.05) is 0 Å². The van der Waals surface area contributed by atoms with Gasteiger partial charge < -0.3 is 10.5 Å². The Morgan fingerprint density at radius 2 is 2.08 bits per heavy atom. The molecule has 0 spiro atoms. The molecular weight excluding hydrogens is 330 g/mol. The number of aryl methyl sites for hydroxylation is 1. The van der Waals surface area contributed by atoms with Crippen LogP contribution in [0.3, 0.4) is 0 Å². The van der Waals surface area contributed by atoms with E-state index in [0.29, 0.717) is 23.1 Å².